The van der Waals surface area contributed by atoms with Gasteiger partial charge in [0.25, 0.3) is 0 Å². The van der Waals surface area contributed by atoms with Crippen LogP contribution in [0.2, 0.25) is 0 Å². The molecule has 1 aromatic carbocycles. The minimum absolute atomic E-state index is 0.245. The second-order valence-corrected chi connectivity index (χ2v) is 6.40. The van der Waals surface area contributed by atoms with E-state index in [1.807, 2.05) is 25.1 Å². The first-order chi connectivity index (χ1) is 10.2. The molecule has 0 saturated heterocycles. The Morgan fingerprint density at radius 2 is 2.00 bits per heavy atom. The molecule has 3 nitrogen and oxygen atoms in total. The SMILES string of the molecule is Cc1cc(-c2nc3c(s2)C(=O)CCC3)c2ccccc2n1. The number of thiazole rings is 1. The molecule has 104 valence electrons. The smallest absolute Gasteiger partial charge is 0.174 e. The summed E-state index contributed by atoms with van der Waals surface area (Å²) < 4.78 is 0. The zero-order chi connectivity index (χ0) is 14.4. The van der Waals surface area contributed by atoms with Crippen molar-refractivity contribution in [2.75, 3.05) is 0 Å². The highest BCUT2D eigenvalue weighted by molar-refractivity contribution is 7.17. The molecule has 0 spiro atoms. The van der Waals surface area contributed by atoms with Gasteiger partial charge in [-0.25, -0.2) is 4.98 Å². The number of pyridine rings is 1. The van der Waals surface area contributed by atoms with Crippen LogP contribution < -0.4 is 0 Å². The Kier molecular flexibility index (Phi) is 2.86. The first-order valence-electron chi connectivity index (χ1n) is 7.12. The summed E-state index contributed by atoms with van der Waals surface area (Å²) in [5.74, 6) is 0.245. The van der Waals surface area contributed by atoms with Gasteiger partial charge in [-0.05, 0) is 31.9 Å². The average molecular weight is 294 g/mol. The highest BCUT2D eigenvalue weighted by Crippen LogP contribution is 2.35. The van der Waals surface area contributed by atoms with Crippen LogP contribution in [0.3, 0.4) is 0 Å². The largest absolute Gasteiger partial charge is 0.293 e. The van der Waals surface area contributed by atoms with Crippen LogP contribution in [0.5, 0.6) is 0 Å². The lowest BCUT2D eigenvalue weighted by Gasteiger charge is -2.06. The van der Waals surface area contributed by atoms with E-state index < -0.39 is 0 Å². The maximum absolute atomic E-state index is 12.0. The van der Waals surface area contributed by atoms with Crippen LogP contribution in [0, 0.1) is 6.92 Å². The second kappa shape index (κ2) is 4.74. The Bertz CT molecular complexity index is 866. The monoisotopic (exact) mass is 294 g/mol. The average Bonchev–Trinajstić information content (AvgIpc) is 2.92. The minimum atomic E-state index is 0.245. The molecule has 4 rings (SSSR count). The van der Waals surface area contributed by atoms with E-state index in [1.54, 1.807) is 0 Å². The number of carbonyl (C=O) groups excluding carboxylic acids is 1. The van der Waals surface area contributed by atoms with E-state index >= 15 is 0 Å². The maximum Gasteiger partial charge on any atom is 0.174 e. The normalized spacial score (nSPS) is 14.4. The standard InChI is InChI=1S/C17H14N2OS/c1-10-9-12(11-5-2-3-6-13(11)18-10)17-19-14-7-4-8-15(20)16(14)21-17/h2-3,5-6,9H,4,7-8H2,1H3. The molecule has 0 bridgehead atoms. The lowest BCUT2D eigenvalue weighted by atomic mass is 10.0. The zero-order valence-corrected chi connectivity index (χ0v) is 12.5. The van der Waals surface area contributed by atoms with E-state index in [0.29, 0.717) is 6.42 Å². The first-order valence-corrected chi connectivity index (χ1v) is 7.94. The summed E-state index contributed by atoms with van der Waals surface area (Å²) in [6.45, 7) is 1.99. The van der Waals surface area contributed by atoms with Crippen LogP contribution in [0.4, 0.5) is 0 Å². The number of aromatic nitrogens is 2. The van der Waals surface area contributed by atoms with Gasteiger partial charge < -0.3 is 0 Å². The zero-order valence-electron chi connectivity index (χ0n) is 11.7. The van der Waals surface area contributed by atoms with Gasteiger partial charge in [-0.1, -0.05) is 18.2 Å². The van der Waals surface area contributed by atoms with Crippen molar-refractivity contribution in [2.24, 2.45) is 0 Å². The van der Waals surface area contributed by atoms with Gasteiger partial charge in [0.1, 0.15) is 5.01 Å². The lowest BCUT2D eigenvalue weighted by Crippen LogP contribution is -2.07. The molecule has 1 aliphatic rings. The van der Waals surface area contributed by atoms with E-state index in [9.17, 15) is 4.79 Å². The van der Waals surface area contributed by atoms with Crippen molar-refractivity contribution in [1.82, 2.24) is 9.97 Å². The summed E-state index contributed by atoms with van der Waals surface area (Å²) in [5.41, 5.74) is 4.02. The predicted octanol–water partition coefficient (Wildman–Crippen LogP) is 4.19. The molecule has 0 atom stereocenters. The van der Waals surface area contributed by atoms with Gasteiger partial charge in [-0.2, -0.15) is 0 Å². The third-order valence-electron chi connectivity index (χ3n) is 3.84. The molecule has 0 N–H and O–H groups in total. The van der Waals surface area contributed by atoms with E-state index in [-0.39, 0.29) is 5.78 Å². The second-order valence-electron chi connectivity index (χ2n) is 5.40. The molecule has 0 fully saturated rings. The number of nitrogens with zero attached hydrogens (tertiary/aromatic N) is 2. The molecule has 0 radical (unpaired) electrons. The number of aryl methyl sites for hydroxylation is 2. The number of Topliss-reactive ketones (excluding diaryl/α,β-unsaturated/α-hetero) is 1. The fourth-order valence-electron chi connectivity index (χ4n) is 2.87. The summed E-state index contributed by atoms with van der Waals surface area (Å²) >= 11 is 1.53. The molecule has 21 heavy (non-hydrogen) atoms. The summed E-state index contributed by atoms with van der Waals surface area (Å²) in [5, 5.41) is 2.04. The van der Waals surface area contributed by atoms with E-state index in [1.165, 1.54) is 11.3 Å². The van der Waals surface area contributed by atoms with Gasteiger partial charge in [0, 0.05) is 23.1 Å². The van der Waals surface area contributed by atoms with Crippen molar-refractivity contribution < 1.29 is 4.79 Å². The number of ketones is 1. The van der Waals surface area contributed by atoms with Crippen molar-refractivity contribution in [2.45, 2.75) is 26.2 Å². The Hall–Kier alpha value is -2.07. The molecule has 0 amide bonds. The minimum Gasteiger partial charge on any atom is -0.293 e. The number of hydrogen-bond donors (Lipinski definition) is 0. The molecule has 0 saturated carbocycles. The molecule has 4 heteroatoms. The van der Waals surface area contributed by atoms with Gasteiger partial charge in [0.15, 0.2) is 5.78 Å². The topological polar surface area (TPSA) is 42.9 Å². The predicted molar refractivity (Wildman–Crippen MR) is 84.9 cm³/mol. The Morgan fingerprint density at radius 1 is 1.14 bits per heavy atom. The Morgan fingerprint density at radius 3 is 2.86 bits per heavy atom. The van der Waals surface area contributed by atoms with Gasteiger partial charge in [-0.15, -0.1) is 11.3 Å². The highest BCUT2D eigenvalue weighted by atomic mass is 32.1. The molecule has 0 aliphatic heterocycles. The molecule has 1 aliphatic carbocycles. The van der Waals surface area contributed by atoms with E-state index in [2.05, 4.69) is 17.1 Å². The van der Waals surface area contributed by atoms with Crippen LogP contribution >= 0.6 is 11.3 Å². The third-order valence-corrected chi connectivity index (χ3v) is 5.01. The summed E-state index contributed by atoms with van der Waals surface area (Å²) in [6.07, 6.45) is 2.50. The van der Waals surface area contributed by atoms with Crippen LogP contribution in [0.15, 0.2) is 30.3 Å². The van der Waals surface area contributed by atoms with Crippen molar-refractivity contribution in [1.29, 1.82) is 0 Å². The number of benzene rings is 1. The van der Waals surface area contributed by atoms with Gasteiger partial charge >= 0.3 is 0 Å². The molecule has 2 aromatic heterocycles. The summed E-state index contributed by atoms with van der Waals surface area (Å²) in [7, 11) is 0. The summed E-state index contributed by atoms with van der Waals surface area (Å²) in [6, 6.07) is 10.2. The van der Waals surface area contributed by atoms with Gasteiger partial charge in [0.05, 0.1) is 16.1 Å². The number of rotatable bonds is 1. The Balaban J connectivity index is 1.97. The highest BCUT2D eigenvalue weighted by Gasteiger charge is 2.23. The van der Waals surface area contributed by atoms with Crippen LogP contribution in [0.25, 0.3) is 21.5 Å². The molecular weight excluding hydrogens is 280 g/mol. The Labute approximate surface area is 126 Å². The first kappa shape index (κ1) is 12.7. The molecular formula is C17H14N2OS. The number of carbonyl (C=O) groups is 1. The third kappa shape index (κ3) is 2.07. The van der Waals surface area contributed by atoms with E-state index in [0.717, 1.165) is 50.6 Å². The maximum atomic E-state index is 12.0. The number of para-hydroxylation sites is 1. The van der Waals surface area contributed by atoms with Gasteiger partial charge in [0.2, 0.25) is 0 Å². The van der Waals surface area contributed by atoms with Crippen LogP contribution in [-0.4, -0.2) is 15.8 Å². The summed E-state index contributed by atoms with van der Waals surface area (Å²) in [4.78, 5) is 22.2. The lowest BCUT2D eigenvalue weighted by molar-refractivity contribution is 0.0976. The van der Waals surface area contributed by atoms with Gasteiger partial charge in [-0.3, -0.25) is 9.78 Å². The van der Waals surface area contributed by atoms with Crippen molar-refractivity contribution in [3.05, 3.63) is 46.6 Å². The van der Waals surface area contributed by atoms with Crippen molar-refractivity contribution in [3.63, 3.8) is 0 Å². The van der Waals surface area contributed by atoms with Crippen molar-refractivity contribution >= 4 is 28.0 Å². The van der Waals surface area contributed by atoms with Crippen molar-refractivity contribution in [3.8, 4) is 10.6 Å². The quantitative estimate of drug-likeness (QED) is 0.676. The molecule has 2 heterocycles. The fraction of sp³-hybridized carbons (Fsp3) is 0.235. The number of fused-ring (bicyclic) bond motifs is 2. The van der Waals surface area contributed by atoms with E-state index in [4.69, 9.17) is 4.98 Å². The van der Waals surface area contributed by atoms with Crippen LogP contribution in [-0.2, 0) is 6.42 Å². The fourth-order valence-corrected chi connectivity index (χ4v) is 3.98. The molecule has 3 aromatic rings. The molecule has 0 unspecified atom stereocenters. The van der Waals surface area contributed by atoms with Crippen LogP contribution in [0.1, 0.15) is 33.9 Å². The number of hydrogen-bond acceptors (Lipinski definition) is 4.